The first kappa shape index (κ1) is 34.9. The van der Waals surface area contributed by atoms with Crippen molar-refractivity contribution >= 4 is 77.2 Å². The molecule has 0 spiro atoms. The Kier molecular flexibility index (Phi) is 7.77. The molecule has 0 fully saturated rings. The predicted molar refractivity (Wildman–Crippen MR) is 262 cm³/mol. The normalized spacial score (nSPS) is 13.0. The Balaban J connectivity index is 1.15. The number of hydrogen-bond donors (Lipinski definition) is 0. The average molecular weight is 789 g/mol. The van der Waals surface area contributed by atoms with Crippen LogP contribution in [0.15, 0.2) is 218 Å². The highest BCUT2D eigenvalue weighted by Gasteiger charge is 2.28. The first-order chi connectivity index (χ1) is 30.7. The van der Waals surface area contributed by atoms with E-state index >= 15 is 0 Å². The average Bonchev–Trinajstić information content (AvgIpc) is 3.33. The van der Waals surface area contributed by atoms with E-state index in [1.54, 1.807) is 0 Å². The zero-order valence-corrected chi connectivity index (χ0v) is 34.1. The molecule has 0 saturated carbocycles. The molecular formula is C60H40N2. The molecule has 2 nitrogen and oxygen atoms in total. The maximum Gasteiger partial charge on any atom is 0.0497 e. The van der Waals surface area contributed by atoms with E-state index in [4.69, 9.17) is 0 Å². The summed E-state index contributed by atoms with van der Waals surface area (Å²) in [5.74, 6) is 0. The van der Waals surface area contributed by atoms with E-state index in [-0.39, 0.29) is 0 Å². The molecule has 290 valence electrons. The first-order valence-corrected chi connectivity index (χ1v) is 21.7. The van der Waals surface area contributed by atoms with Crippen LogP contribution in [0.4, 0.5) is 34.1 Å². The van der Waals surface area contributed by atoms with Gasteiger partial charge in [0.25, 0.3) is 0 Å². The molecule has 0 aliphatic carbocycles. The minimum absolute atomic E-state index is 0.920. The molecule has 0 N–H and O–H groups in total. The quantitative estimate of drug-likeness (QED) is 0.164. The Hall–Kier alpha value is -7.94. The van der Waals surface area contributed by atoms with Crippen molar-refractivity contribution < 1.29 is 0 Å². The van der Waals surface area contributed by atoms with Gasteiger partial charge >= 0.3 is 0 Å². The summed E-state index contributed by atoms with van der Waals surface area (Å²) < 4.78 is 0. The second-order valence-electron chi connectivity index (χ2n) is 16.9. The Labute approximate surface area is 361 Å². The van der Waals surface area contributed by atoms with E-state index < -0.39 is 0 Å². The molecule has 2 heterocycles. The third-order valence-electron chi connectivity index (χ3n) is 13.4. The Morgan fingerprint density at radius 1 is 0.258 bits per heavy atom. The van der Waals surface area contributed by atoms with Gasteiger partial charge in [-0.05, 0) is 148 Å². The highest BCUT2D eigenvalue weighted by molar-refractivity contribution is 6.23. The fourth-order valence-corrected chi connectivity index (χ4v) is 10.5. The number of rotatable bonds is 4. The van der Waals surface area contributed by atoms with Gasteiger partial charge in [-0.15, -0.1) is 0 Å². The number of nitrogens with zero attached hydrogens (tertiary/aromatic N) is 2. The van der Waals surface area contributed by atoms with Crippen molar-refractivity contribution in [2.45, 2.75) is 12.8 Å². The van der Waals surface area contributed by atoms with E-state index in [0.29, 0.717) is 0 Å². The third-order valence-corrected chi connectivity index (χ3v) is 13.4. The summed E-state index contributed by atoms with van der Waals surface area (Å²) in [6.07, 6.45) is 1.84. The topological polar surface area (TPSA) is 6.48 Å². The standard InChI is InChI=1S/C60H40N2/c1-3-15-41-33-47(27-25-39(41)13-1)59-51-31-29-50(62-57-23-11-7-19-45(57)36-46-20-8-12-24-58(46)62)38-54(51)60(48-28-26-40-14-2-4-16-42(40)34-48)52-32-30-49(37-53(52)59)61-55-21-9-5-17-43(55)35-44-18-6-10-22-56(44)61/h1-34,37-38H,35-36H2. The summed E-state index contributed by atoms with van der Waals surface area (Å²) in [4.78, 5) is 4.96. The van der Waals surface area contributed by atoms with Crippen molar-refractivity contribution in [2.24, 2.45) is 0 Å². The van der Waals surface area contributed by atoms with Gasteiger partial charge in [-0.25, -0.2) is 0 Å². The lowest BCUT2D eigenvalue weighted by Crippen LogP contribution is -2.18. The van der Waals surface area contributed by atoms with Gasteiger partial charge in [-0.3, -0.25) is 0 Å². The molecule has 11 aromatic rings. The lowest BCUT2D eigenvalue weighted by molar-refractivity contribution is 1.09. The summed E-state index contributed by atoms with van der Waals surface area (Å²) in [6, 6.07) is 81.5. The smallest absolute Gasteiger partial charge is 0.0497 e. The summed E-state index contributed by atoms with van der Waals surface area (Å²) in [7, 11) is 0. The summed E-state index contributed by atoms with van der Waals surface area (Å²) in [5.41, 5.74) is 17.5. The van der Waals surface area contributed by atoms with Gasteiger partial charge in [0, 0.05) is 47.0 Å². The summed E-state index contributed by atoms with van der Waals surface area (Å²) >= 11 is 0. The summed E-state index contributed by atoms with van der Waals surface area (Å²) in [5, 5.41) is 9.88. The van der Waals surface area contributed by atoms with Crippen LogP contribution >= 0.6 is 0 Å². The minimum Gasteiger partial charge on any atom is -0.310 e. The van der Waals surface area contributed by atoms with Gasteiger partial charge in [-0.2, -0.15) is 0 Å². The molecule has 13 rings (SSSR count). The fourth-order valence-electron chi connectivity index (χ4n) is 10.5. The monoisotopic (exact) mass is 788 g/mol. The van der Waals surface area contributed by atoms with Crippen molar-refractivity contribution in [3.05, 3.63) is 241 Å². The maximum absolute atomic E-state index is 2.48. The number of benzene rings is 11. The van der Waals surface area contributed by atoms with Gasteiger partial charge in [0.2, 0.25) is 0 Å². The Morgan fingerprint density at radius 3 is 0.984 bits per heavy atom. The molecule has 2 aliphatic rings. The van der Waals surface area contributed by atoms with Crippen LogP contribution in [-0.4, -0.2) is 0 Å². The van der Waals surface area contributed by atoms with Crippen LogP contribution in [0.1, 0.15) is 22.3 Å². The molecule has 0 saturated heterocycles. The van der Waals surface area contributed by atoms with Crippen LogP contribution in [0.25, 0.3) is 65.3 Å². The van der Waals surface area contributed by atoms with Gasteiger partial charge in [0.05, 0.1) is 0 Å². The van der Waals surface area contributed by atoms with Crippen LogP contribution in [0.2, 0.25) is 0 Å². The van der Waals surface area contributed by atoms with Gasteiger partial charge in [0.1, 0.15) is 0 Å². The van der Waals surface area contributed by atoms with Crippen molar-refractivity contribution in [3.8, 4) is 22.3 Å². The summed E-state index contributed by atoms with van der Waals surface area (Å²) in [6.45, 7) is 0. The van der Waals surface area contributed by atoms with Gasteiger partial charge in [0.15, 0.2) is 0 Å². The van der Waals surface area contributed by atoms with Crippen molar-refractivity contribution in [2.75, 3.05) is 9.80 Å². The van der Waals surface area contributed by atoms with E-state index in [9.17, 15) is 0 Å². The molecule has 11 aromatic carbocycles. The largest absolute Gasteiger partial charge is 0.310 e. The zero-order valence-electron chi connectivity index (χ0n) is 34.1. The molecule has 0 atom stereocenters. The second kappa shape index (κ2) is 13.8. The molecule has 0 aromatic heterocycles. The van der Waals surface area contributed by atoms with Gasteiger partial charge in [-0.1, -0.05) is 158 Å². The molecule has 0 unspecified atom stereocenters. The van der Waals surface area contributed by atoms with E-state index in [1.807, 2.05) is 0 Å². The molecular weight excluding hydrogens is 749 g/mol. The molecule has 0 radical (unpaired) electrons. The van der Waals surface area contributed by atoms with Crippen LogP contribution in [0.3, 0.4) is 0 Å². The highest BCUT2D eigenvalue weighted by atomic mass is 15.2. The molecule has 0 bridgehead atoms. The molecule has 62 heavy (non-hydrogen) atoms. The zero-order chi connectivity index (χ0) is 40.7. The first-order valence-electron chi connectivity index (χ1n) is 21.7. The van der Waals surface area contributed by atoms with Crippen molar-refractivity contribution in [3.63, 3.8) is 0 Å². The van der Waals surface area contributed by atoms with Gasteiger partial charge < -0.3 is 9.80 Å². The van der Waals surface area contributed by atoms with Crippen LogP contribution in [-0.2, 0) is 12.8 Å². The van der Waals surface area contributed by atoms with Crippen LogP contribution in [0.5, 0.6) is 0 Å². The molecule has 2 heteroatoms. The van der Waals surface area contributed by atoms with Crippen molar-refractivity contribution in [1.82, 2.24) is 0 Å². The number of hydrogen-bond acceptors (Lipinski definition) is 2. The van der Waals surface area contributed by atoms with E-state index in [0.717, 1.165) is 24.2 Å². The van der Waals surface area contributed by atoms with E-state index in [1.165, 1.54) is 110 Å². The maximum atomic E-state index is 2.48. The highest BCUT2D eigenvalue weighted by Crippen LogP contribution is 2.51. The number of para-hydroxylation sites is 4. The van der Waals surface area contributed by atoms with Crippen LogP contribution < -0.4 is 9.80 Å². The third kappa shape index (κ3) is 5.43. The minimum atomic E-state index is 0.920. The lowest BCUT2D eigenvalue weighted by Gasteiger charge is -2.34. The SMILES string of the molecule is c1ccc2c(c1)Cc1ccccc1N2c1ccc2c(-c3ccc4ccccc4c3)c3cc(N4c5ccccc5Cc5ccccc54)ccc3c(-c3ccc4ccccc4c3)c2c1. The second-order valence-corrected chi connectivity index (χ2v) is 16.9. The fraction of sp³-hybridized carbons (Fsp3) is 0.0333. The Bertz CT molecular complexity index is 3290. The predicted octanol–water partition coefficient (Wildman–Crippen LogP) is 16.4. The Morgan fingerprint density at radius 2 is 0.597 bits per heavy atom. The van der Waals surface area contributed by atoms with E-state index in [2.05, 4.69) is 228 Å². The number of anilines is 6. The van der Waals surface area contributed by atoms with Crippen LogP contribution in [0, 0.1) is 0 Å². The van der Waals surface area contributed by atoms with Crippen molar-refractivity contribution in [1.29, 1.82) is 0 Å². The molecule has 0 amide bonds. The number of fused-ring (bicyclic) bond motifs is 8. The lowest BCUT2D eigenvalue weighted by atomic mass is 9.84. The molecule has 2 aliphatic heterocycles.